The van der Waals surface area contributed by atoms with Crippen LogP contribution in [0.4, 0.5) is 0 Å². The SMILES string of the molecule is COc1cc(Br)cc(C=Nn2c(-c3ccccc3)nc3ccccc3c2=O)c1OC. The van der Waals surface area contributed by atoms with E-state index in [0.717, 1.165) is 10.0 Å². The Balaban J connectivity index is 1.94. The van der Waals surface area contributed by atoms with E-state index in [4.69, 9.17) is 14.5 Å². The van der Waals surface area contributed by atoms with Gasteiger partial charge in [0.1, 0.15) is 0 Å². The maximum atomic E-state index is 13.2. The molecular formula is C23H18BrN3O3. The molecule has 150 valence electrons. The monoisotopic (exact) mass is 463 g/mol. The van der Waals surface area contributed by atoms with Crippen molar-refractivity contribution >= 4 is 33.0 Å². The second-order valence-corrected chi connectivity index (χ2v) is 7.33. The van der Waals surface area contributed by atoms with Gasteiger partial charge in [0.2, 0.25) is 0 Å². The number of nitrogens with zero attached hydrogens (tertiary/aromatic N) is 3. The lowest BCUT2D eigenvalue weighted by Gasteiger charge is -2.12. The van der Waals surface area contributed by atoms with Gasteiger partial charge in [-0.05, 0) is 24.3 Å². The molecule has 0 saturated carbocycles. The zero-order valence-corrected chi connectivity index (χ0v) is 18.0. The van der Waals surface area contributed by atoms with Crippen LogP contribution < -0.4 is 15.0 Å². The van der Waals surface area contributed by atoms with Gasteiger partial charge in [0.15, 0.2) is 17.3 Å². The van der Waals surface area contributed by atoms with Crippen LogP contribution in [0.25, 0.3) is 22.3 Å². The van der Waals surface area contributed by atoms with Crippen LogP contribution in [0.3, 0.4) is 0 Å². The molecule has 4 rings (SSSR count). The van der Waals surface area contributed by atoms with Gasteiger partial charge in [0.25, 0.3) is 5.56 Å². The van der Waals surface area contributed by atoms with Crippen molar-refractivity contribution in [1.82, 2.24) is 9.66 Å². The molecule has 0 N–H and O–H groups in total. The molecule has 0 atom stereocenters. The fraction of sp³-hybridized carbons (Fsp3) is 0.0870. The summed E-state index contributed by atoms with van der Waals surface area (Å²) in [7, 11) is 3.12. The van der Waals surface area contributed by atoms with Crippen molar-refractivity contribution in [1.29, 1.82) is 0 Å². The number of ether oxygens (including phenoxy) is 2. The maximum absolute atomic E-state index is 13.2. The molecule has 0 spiro atoms. The van der Waals surface area contributed by atoms with E-state index in [9.17, 15) is 4.79 Å². The Morgan fingerprint density at radius 3 is 2.47 bits per heavy atom. The molecule has 0 fully saturated rings. The lowest BCUT2D eigenvalue weighted by atomic mass is 10.2. The summed E-state index contributed by atoms with van der Waals surface area (Å²) in [5.74, 6) is 1.53. The van der Waals surface area contributed by atoms with E-state index >= 15 is 0 Å². The average molecular weight is 464 g/mol. The molecule has 0 bridgehead atoms. The van der Waals surface area contributed by atoms with Crippen LogP contribution in [0.15, 0.2) is 81.1 Å². The highest BCUT2D eigenvalue weighted by atomic mass is 79.9. The summed E-state index contributed by atoms with van der Waals surface area (Å²) in [6, 6.07) is 20.4. The molecule has 0 radical (unpaired) electrons. The minimum atomic E-state index is -0.253. The first-order chi connectivity index (χ1) is 14.6. The molecule has 1 heterocycles. The van der Waals surface area contributed by atoms with Crippen LogP contribution in [-0.2, 0) is 0 Å². The molecule has 6 nitrogen and oxygen atoms in total. The van der Waals surface area contributed by atoms with Gasteiger partial charge in [-0.1, -0.05) is 58.4 Å². The molecule has 0 amide bonds. The molecule has 0 saturated heterocycles. The highest BCUT2D eigenvalue weighted by Gasteiger charge is 2.14. The summed E-state index contributed by atoms with van der Waals surface area (Å²) in [6.45, 7) is 0. The van der Waals surface area contributed by atoms with E-state index in [-0.39, 0.29) is 5.56 Å². The van der Waals surface area contributed by atoms with E-state index in [1.807, 2.05) is 54.6 Å². The van der Waals surface area contributed by atoms with E-state index in [1.54, 1.807) is 32.6 Å². The Morgan fingerprint density at radius 1 is 1.00 bits per heavy atom. The van der Waals surface area contributed by atoms with E-state index in [1.165, 1.54) is 4.68 Å². The average Bonchev–Trinajstić information content (AvgIpc) is 2.78. The van der Waals surface area contributed by atoms with Gasteiger partial charge in [-0.25, -0.2) is 4.98 Å². The van der Waals surface area contributed by atoms with Crippen molar-refractivity contribution < 1.29 is 9.47 Å². The van der Waals surface area contributed by atoms with Gasteiger partial charge in [0, 0.05) is 15.6 Å². The Bertz CT molecular complexity index is 1300. The topological polar surface area (TPSA) is 65.7 Å². The number of hydrogen-bond acceptors (Lipinski definition) is 5. The van der Waals surface area contributed by atoms with Gasteiger partial charge in [0.05, 0.1) is 31.3 Å². The van der Waals surface area contributed by atoms with E-state index in [0.29, 0.717) is 33.8 Å². The maximum Gasteiger partial charge on any atom is 0.282 e. The fourth-order valence-electron chi connectivity index (χ4n) is 3.18. The molecule has 0 aliphatic rings. The molecular weight excluding hydrogens is 446 g/mol. The second-order valence-electron chi connectivity index (χ2n) is 6.41. The number of hydrogen-bond donors (Lipinski definition) is 0. The second kappa shape index (κ2) is 8.51. The summed E-state index contributed by atoms with van der Waals surface area (Å²) >= 11 is 3.46. The van der Waals surface area contributed by atoms with Gasteiger partial charge in [-0.15, -0.1) is 0 Å². The minimum Gasteiger partial charge on any atom is -0.493 e. The van der Waals surface area contributed by atoms with Crippen molar-refractivity contribution in [3.05, 3.63) is 87.1 Å². The Hall–Kier alpha value is -3.45. The number of fused-ring (bicyclic) bond motifs is 1. The third-order valence-electron chi connectivity index (χ3n) is 4.57. The Kier molecular flexibility index (Phi) is 5.63. The zero-order chi connectivity index (χ0) is 21.1. The molecule has 3 aromatic carbocycles. The summed E-state index contributed by atoms with van der Waals surface area (Å²) in [6.07, 6.45) is 1.57. The van der Waals surface area contributed by atoms with Crippen molar-refractivity contribution in [3.8, 4) is 22.9 Å². The number of aromatic nitrogens is 2. The highest BCUT2D eigenvalue weighted by Crippen LogP contribution is 2.33. The molecule has 30 heavy (non-hydrogen) atoms. The van der Waals surface area contributed by atoms with Crippen LogP contribution in [0.5, 0.6) is 11.5 Å². The molecule has 7 heteroatoms. The summed E-state index contributed by atoms with van der Waals surface area (Å²) < 4.78 is 13.0. The predicted molar refractivity (Wildman–Crippen MR) is 122 cm³/mol. The zero-order valence-electron chi connectivity index (χ0n) is 16.4. The first-order valence-corrected chi connectivity index (χ1v) is 9.94. The van der Waals surface area contributed by atoms with Crippen LogP contribution >= 0.6 is 15.9 Å². The number of para-hydroxylation sites is 1. The van der Waals surface area contributed by atoms with Crippen LogP contribution in [0.1, 0.15) is 5.56 Å². The number of methoxy groups -OCH3 is 2. The minimum absolute atomic E-state index is 0.253. The predicted octanol–water partition coefficient (Wildman–Crippen LogP) is 4.73. The first-order valence-electron chi connectivity index (χ1n) is 9.15. The number of benzene rings is 3. The largest absolute Gasteiger partial charge is 0.493 e. The van der Waals surface area contributed by atoms with Crippen molar-refractivity contribution in [3.63, 3.8) is 0 Å². The van der Waals surface area contributed by atoms with Crippen LogP contribution in [-0.4, -0.2) is 30.1 Å². The smallest absolute Gasteiger partial charge is 0.282 e. The quantitative estimate of drug-likeness (QED) is 0.401. The Morgan fingerprint density at radius 2 is 1.73 bits per heavy atom. The van der Waals surface area contributed by atoms with Crippen molar-refractivity contribution in [2.24, 2.45) is 5.10 Å². The Labute approximate surface area is 181 Å². The molecule has 0 unspecified atom stereocenters. The molecule has 0 aliphatic carbocycles. The molecule has 1 aromatic heterocycles. The van der Waals surface area contributed by atoms with Crippen molar-refractivity contribution in [2.75, 3.05) is 14.2 Å². The highest BCUT2D eigenvalue weighted by molar-refractivity contribution is 9.10. The lowest BCUT2D eigenvalue weighted by molar-refractivity contribution is 0.354. The van der Waals surface area contributed by atoms with Crippen LogP contribution in [0.2, 0.25) is 0 Å². The van der Waals surface area contributed by atoms with Gasteiger partial charge in [-0.2, -0.15) is 9.78 Å². The number of halogens is 1. The van der Waals surface area contributed by atoms with E-state index < -0.39 is 0 Å². The molecule has 4 aromatic rings. The lowest BCUT2D eigenvalue weighted by Crippen LogP contribution is -2.20. The van der Waals surface area contributed by atoms with Gasteiger partial charge >= 0.3 is 0 Å². The molecule has 0 aliphatic heterocycles. The third-order valence-corrected chi connectivity index (χ3v) is 5.03. The first kappa shape index (κ1) is 19.8. The van der Waals surface area contributed by atoms with Gasteiger partial charge in [-0.3, -0.25) is 4.79 Å². The van der Waals surface area contributed by atoms with E-state index in [2.05, 4.69) is 21.0 Å². The standard InChI is InChI=1S/C23H18BrN3O3/c1-29-20-13-17(24)12-16(21(20)30-2)14-25-27-22(15-8-4-3-5-9-15)26-19-11-7-6-10-18(19)23(27)28/h3-14H,1-2H3. The third kappa shape index (κ3) is 3.71. The van der Waals surface area contributed by atoms with Gasteiger partial charge < -0.3 is 9.47 Å². The summed E-state index contributed by atoms with van der Waals surface area (Å²) in [4.78, 5) is 17.9. The summed E-state index contributed by atoms with van der Waals surface area (Å²) in [5.41, 5.74) is 1.81. The summed E-state index contributed by atoms with van der Waals surface area (Å²) in [5, 5.41) is 4.98. The van der Waals surface area contributed by atoms with Crippen molar-refractivity contribution in [2.45, 2.75) is 0 Å². The van der Waals surface area contributed by atoms with Crippen LogP contribution in [0, 0.1) is 0 Å². The number of rotatable bonds is 5. The fourth-order valence-corrected chi connectivity index (χ4v) is 3.63. The normalized spacial score (nSPS) is 11.2.